The molecular formula is C23H20Cl2FN5O2. The van der Waals surface area contributed by atoms with Crippen LogP contribution in [0.3, 0.4) is 0 Å². The van der Waals surface area contributed by atoms with Crippen LogP contribution in [0.4, 0.5) is 27.4 Å². The van der Waals surface area contributed by atoms with Crippen LogP contribution in [-0.2, 0) is 9.53 Å². The Kier molecular flexibility index (Phi) is 7.08. The summed E-state index contributed by atoms with van der Waals surface area (Å²) in [6.07, 6.45) is 2.53. The predicted molar refractivity (Wildman–Crippen MR) is 129 cm³/mol. The molecule has 2 heterocycles. The van der Waals surface area contributed by atoms with Gasteiger partial charge >= 0.3 is 0 Å². The maximum Gasteiger partial charge on any atom is 0.247 e. The molecule has 1 saturated heterocycles. The number of anilines is 4. The van der Waals surface area contributed by atoms with Crippen LogP contribution < -0.4 is 15.5 Å². The van der Waals surface area contributed by atoms with Crippen molar-refractivity contribution >= 4 is 52.1 Å². The van der Waals surface area contributed by atoms with Gasteiger partial charge in [0.25, 0.3) is 0 Å². The first-order valence-corrected chi connectivity index (χ1v) is 10.8. The number of nitrogens with zero attached hydrogens (tertiary/aromatic N) is 3. The average Bonchev–Trinajstić information content (AvgIpc) is 2.81. The molecule has 7 nitrogen and oxygen atoms in total. The van der Waals surface area contributed by atoms with Crippen LogP contribution in [0.5, 0.6) is 0 Å². The molecule has 1 aliphatic rings. The number of benzene rings is 2. The highest BCUT2D eigenvalue weighted by atomic mass is 35.5. The third kappa shape index (κ3) is 5.60. The summed E-state index contributed by atoms with van der Waals surface area (Å²) in [5.74, 6) is -0.740. The van der Waals surface area contributed by atoms with Crippen molar-refractivity contribution in [1.82, 2.24) is 9.97 Å². The summed E-state index contributed by atoms with van der Waals surface area (Å²) in [7, 11) is 0. The number of rotatable bonds is 6. The van der Waals surface area contributed by atoms with Gasteiger partial charge in [0.1, 0.15) is 5.82 Å². The molecule has 0 unspecified atom stereocenters. The minimum absolute atomic E-state index is 0.234. The van der Waals surface area contributed by atoms with Gasteiger partial charge in [-0.05, 0) is 42.5 Å². The molecule has 0 saturated carbocycles. The monoisotopic (exact) mass is 487 g/mol. The van der Waals surface area contributed by atoms with Gasteiger partial charge < -0.3 is 20.3 Å². The molecule has 1 aromatic heterocycles. The number of hydrogen-bond donors (Lipinski definition) is 2. The normalized spacial score (nSPS) is 13.5. The molecule has 2 aromatic carbocycles. The molecule has 4 rings (SSSR count). The van der Waals surface area contributed by atoms with E-state index in [4.69, 9.17) is 27.9 Å². The SMILES string of the molecule is C=CC(=O)Nc1cc(F)cc(-c2nc(Nc3ccc(Cl)c(N4CCOCC4)c3)ncc2Cl)c1. The van der Waals surface area contributed by atoms with Crippen LogP contribution in [0.2, 0.25) is 10.0 Å². The smallest absolute Gasteiger partial charge is 0.247 e. The summed E-state index contributed by atoms with van der Waals surface area (Å²) < 4.78 is 19.6. The maximum absolute atomic E-state index is 14.2. The Hall–Kier alpha value is -3.20. The molecule has 2 N–H and O–H groups in total. The van der Waals surface area contributed by atoms with Crippen LogP contribution in [0.25, 0.3) is 11.3 Å². The van der Waals surface area contributed by atoms with Crippen molar-refractivity contribution in [3.05, 3.63) is 71.1 Å². The summed E-state index contributed by atoms with van der Waals surface area (Å²) in [5.41, 5.74) is 2.56. The first-order valence-electron chi connectivity index (χ1n) is 10.1. The fourth-order valence-corrected chi connectivity index (χ4v) is 3.82. The van der Waals surface area contributed by atoms with Crippen LogP contribution in [-0.4, -0.2) is 42.2 Å². The van der Waals surface area contributed by atoms with Gasteiger partial charge in [-0.3, -0.25) is 4.79 Å². The fourth-order valence-electron chi connectivity index (χ4n) is 3.39. The number of nitrogens with one attached hydrogen (secondary N) is 2. The molecule has 33 heavy (non-hydrogen) atoms. The van der Waals surface area contributed by atoms with Crippen molar-refractivity contribution in [2.45, 2.75) is 0 Å². The van der Waals surface area contributed by atoms with Gasteiger partial charge in [0.05, 0.1) is 40.8 Å². The van der Waals surface area contributed by atoms with E-state index in [1.807, 2.05) is 12.1 Å². The van der Waals surface area contributed by atoms with E-state index in [0.29, 0.717) is 29.5 Å². The fraction of sp³-hybridized carbons (Fsp3) is 0.174. The summed E-state index contributed by atoms with van der Waals surface area (Å²) in [6, 6.07) is 9.57. The standard InChI is InChI=1S/C23H20Cl2FN5O2/c1-2-21(32)28-17-10-14(9-15(26)11-17)22-19(25)13-27-23(30-22)29-16-3-4-18(24)20(12-16)31-5-7-33-8-6-31/h2-4,9-13H,1,5-8H2,(H,28,32)(H,27,29,30). The molecule has 3 aromatic rings. The third-order valence-electron chi connectivity index (χ3n) is 4.92. The molecule has 0 spiro atoms. The number of halogens is 3. The second-order valence-corrected chi connectivity index (χ2v) is 8.02. The molecule has 170 valence electrons. The van der Waals surface area contributed by atoms with Gasteiger partial charge in [-0.1, -0.05) is 29.8 Å². The van der Waals surface area contributed by atoms with Gasteiger partial charge in [-0.25, -0.2) is 14.4 Å². The maximum atomic E-state index is 14.2. The zero-order valence-corrected chi connectivity index (χ0v) is 19.0. The Balaban J connectivity index is 1.62. The minimum atomic E-state index is -0.552. The van der Waals surface area contributed by atoms with Crippen molar-refractivity contribution in [3.8, 4) is 11.3 Å². The third-order valence-corrected chi connectivity index (χ3v) is 5.52. The van der Waals surface area contributed by atoms with Crippen LogP contribution in [0, 0.1) is 5.82 Å². The van der Waals surface area contributed by atoms with Gasteiger partial charge in [0, 0.05) is 30.0 Å². The van der Waals surface area contributed by atoms with Crippen molar-refractivity contribution in [3.63, 3.8) is 0 Å². The van der Waals surface area contributed by atoms with Crippen molar-refractivity contribution in [2.75, 3.05) is 41.8 Å². The van der Waals surface area contributed by atoms with E-state index >= 15 is 0 Å². The van der Waals surface area contributed by atoms with Gasteiger partial charge in [0.2, 0.25) is 11.9 Å². The number of ether oxygens (including phenoxy) is 1. The predicted octanol–water partition coefficient (Wildman–Crippen LogP) is 5.29. The Morgan fingerprint density at radius 1 is 1.12 bits per heavy atom. The van der Waals surface area contributed by atoms with Crippen LogP contribution >= 0.6 is 23.2 Å². The average molecular weight is 488 g/mol. The van der Waals surface area contributed by atoms with Gasteiger partial charge in [-0.2, -0.15) is 0 Å². The quantitative estimate of drug-likeness (QED) is 0.459. The Labute approximate surface area is 200 Å². The molecule has 1 aliphatic heterocycles. The molecule has 10 heteroatoms. The Morgan fingerprint density at radius 3 is 2.67 bits per heavy atom. The topological polar surface area (TPSA) is 79.4 Å². The number of hydrogen-bond acceptors (Lipinski definition) is 6. The van der Waals surface area contributed by atoms with Gasteiger partial charge in [-0.15, -0.1) is 0 Å². The molecule has 0 atom stereocenters. The zero-order valence-electron chi connectivity index (χ0n) is 17.4. The van der Waals surface area contributed by atoms with E-state index in [1.54, 1.807) is 12.1 Å². The molecule has 1 amide bonds. The lowest BCUT2D eigenvalue weighted by molar-refractivity contribution is -0.111. The van der Waals surface area contributed by atoms with Gasteiger partial charge in [0.15, 0.2) is 0 Å². The highest BCUT2D eigenvalue weighted by molar-refractivity contribution is 6.33. The number of amides is 1. The second-order valence-electron chi connectivity index (χ2n) is 7.20. The summed E-state index contributed by atoms with van der Waals surface area (Å²) >= 11 is 12.7. The lowest BCUT2D eigenvalue weighted by Crippen LogP contribution is -2.36. The summed E-state index contributed by atoms with van der Waals surface area (Å²) in [4.78, 5) is 22.4. The number of carbonyl (C=O) groups excluding carboxylic acids is 1. The lowest BCUT2D eigenvalue weighted by Gasteiger charge is -2.29. The van der Waals surface area contributed by atoms with E-state index in [-0.39, 0.29) is 16.7 Å². The molecule has 0 bridgehead atoms. The van der Waals surface area contributed by atoms with E-state index in [0.717, 1.165) is 30.5 Å². The zero-order chi connectivity index (χ0) is 23.4. The van der Waals surface area contributed by atoms with Crippen molar-refractivity contribution in [2.24, 2.45) is 0 Å². The lowest BCUT2D eigenvalue weighted by atomic mass is 10.1. The summed E-state index contributed by atoms with van der Waals surface area (Å²) in [5, 5.41) is 6.55. The largest absolute Gasteiger partial charge is 0.378 e. The highest BCUT2D eigenvalue weighted by Gasteiger charge is 2.16. The summed E-state index contributed by atoms with van der Waals surface area (Å²) in [6.45, 7) is 6.16. The number of carbonyl (C=O) groups is 1. The molecule has 0 aliphatic carbocycles. The molecule has 1 fully saturated rings. The van der Waals surface area contributed by atoms with E-state index in [9.17, 15) is 9.18 Å². The number of aromatic nitrogens is 2. The van der Waals surface area contributed by atoms with Crippen molar-refractivity contribution in [1.29, 1.82) is 0 Å². The van der Waals surface area contributed by atoms with Crippen LogP contribution in [0.1, 0.15) is 0 Å². The highest BCUT2D eigenvalue weighted by Crippen LogP contribution is 2.32. The molecule has 0 radical (unpaired) electrons. The first kappa shape index (κ1) is 23.0. The Bertz CT molecular complexity index is 1200. The van der Waals surface area contributed by atoms with E-state index in [1.165, 1.54) is 18.3 Å². The van der Waals surface area contributed by atoms with Crippen LogP contribution in [0.15, 0.2) is 55.3 Å². The Morgan fingerprint density at radius 2 is 1.91 bits per heavy atom. The minimum Gasteiger partial charge on any atom is -0.378 e. The van der Waals surface area contributed by atoms with Crippen molar-refractivity contribution < 1.29 is 13.9 Å². The second kappa shape index (κ2) is 10.2. The number of morpholine rings is 1. The first-order chi connectivity index (χ1) is 15.9. The van der Waals surface area contributed by atoms with E-state index in [2.05, 4.69) is 32.1 Å². The van der Waals surface area contributed by atoms with E-state index < -0.39 is 11.7 Å². The molecular weight excluding hydrogens is 468 g/mol.